The molecule has 1 aliphatic carbocycles. The Morgan fingerprint density at radius 2 is 2.00 bits per heavy atom. The fourth-order valence-electron chi connectivity index (χ4n) is 2.18. The van der Waals surface area contributed by atoms with Crippen LogP contribution in [0.15, 0.2) is 18.3 Å². The summed E-state index contributed by atoms with van der Waals surface area (Å²) in [5, 5.41) is 10.6. The highest BCUT2D eigenvalue weighted by atomic mass is 35.5. The number of hydrogen-bond donors (Lipinski definition) is 1. The van der Waals surface area contributed by atoms with E-state index in [9.17, 15) is 13.9 Å². The third-order valence-electron chi connectivity index (χ3n) is 3.26. The normalized spacial score (nSPS) is 22.4. The Morgan fingerprint density at radius 3 is 2.53 bits per heavy atom. The largest absolute Gasteiger partial charge is 0.387 e. The summed E-state index contributed by atoms with van der Waals surface area (Å²) in [5.74, 6) is -2.70. The molecule has 0 aliphatic heterocycles. The van der Waals surface area contributed by atoms with Gasteiger partial charge in [0.25, 0.3) is 0 Å². The molecule has 1 aromatic rings. The van der Waals surface area contributed by atoms with Crippen LogP contribution >= 0.6 is 11.6 Å². The molecular formula is C12H14ClF2NO. The van der Waals surface area contributed by atoms with E-state index in [1.807, 2.05) is 0 Å². The van der Waals surface area contributed by atoms with Crippen LogP contribution in [0.25, 0.3) is 0 Å². The van der Waals surface area contributed by atoms with Gasteiger partial charge in [0.1, 0.15) is 0 Å². The number of nitrogens with zero attached hydrogens (tertiary/aromatic N) is 1. The zero-order chi connectivity index (χ0) is 12.5. The summed E-state index contributed by atoms with van der Waals surface area (Å²) in [6.07, 6.45) is 1.04. The van der Waals surface area contributed by atoms with Gasteiger partial charge in [-0.2, -0.15) is 0 Å². The molecule has 1 N–H and O–H groups in total. The van der Waals surface area contributed by atoms with E-state index in [1.165, 1.54) is 6.20 Å². The summed E-state index contributed by atoms with van der Waals surface area (Å²) in [5.41, 5.74) is 0.504. The Morgan fingerprint density at radius 1 is 1.35 bits per heavy atom. The standard InChI is InChI=1S/C12H14ClF2NO/c13-9-1-2-10(16-7-9)11(17)8-3-5-12(14,15)6-4-8/h1-2,7-8,11,17H,3-6H2. The molecule has 0 saturated heterocycles. The lowest BCUT2D eigenvalue weighted by atomic mass is 9.82. The number of halogens is 3. The maximum Gasteiger partial charge on any atom is 0.248 e. The predicted molar refractivity (Wildman–Crippen MR) is 61.1 cm³/mol. The number of aliphatic hydroxyl groups is 1. The fraction of sp³-hybridized carbons (Fsp3) is 0.583. The number of aromatic nitrogens is 1. The van der Waals surface area contributed by atoms with Gasteiger partial charge in [-0.3, -0.25) is 4.98 Å². The number of rotatable bonds is 2. The predicted octanol–water partition coefficient (Wildman–Crippen LogP) is 3.59. The van der Waals surface area contributed by atoms with Gasteiger partial charge in [0.2, 0.25) is 5.92 Å². The smallest absolute Gasteiger partial charge is 0.248 e. The van der Waals surface area contributed by atoms with Crippen LogP contribution < -0.4 is 0 Å². The molecule has 1 heterocycles. The zero-order valence-corrected chi connectivity index (χ0v) is 10.00. The number of aliphatic hydroxyl groups excluding tert-OH is 1. The zero-order valence-electron chi connectivity index (χ0n) is 9.24. The van der Waals surface area contributed by atoms with Crippen LogP contribution in [0, 0.1) is 5.92 Å². The fourth-order valence-corrected chi connectivity index (χ4v) is 2.29. The van der Waals surface area contributed by atoms with Gasteiger partial charge in [0.05, 0.1) is 16.8 Å². The first-order valence-corrected chi connectivity index (χ1v) is 6.03. The van der Waals surface area contributed by atoms with Crippen LogP contribution in [-0.4, -0.2) is 16.0 Å². The Kier molecular flexibility index (Phi) is 3.64. The lowest BCUT2D eigenvalue weighted by Gasteiger charge is -2.30. The van der Waals surface area contributed by atoms with Crippen LogP contribution in [0.5, 0.6) is 0 Å². The van der Waals surface area contributed by atoms with Crippen molar-refractivity contribution in [3.8, 4) is 0 Å². The average molecular weight is 262 g/mol. The minimum Gasteiger partial charge on any atom is -0.387 e. The van der Waals surface area contributed by atoms with Gasteiger partial charge >= 0.3 is 0 Å². The lowest BCUT2D eigenvalue weighted by Crippen LogP contribution is -2.28. The highest BCUT2D eigenvalue weighted by Crippen LogP contribution is 2.40. The third kappa shape index (κ3) is 3.13. The van der Waals surface area contributed by atoms with E-state index < -0.39 is 12.0 Å². The van der Waals surface area contributed by atoms with Gasteiger partial charge in [0, 0.05) is 19.0 Å². The molecule has 0 aromatic carbocycles. The van der Waals surface area contributed by atoms with Gasteiger partial charge in [0.15, 0.2) is 0 Å². The maximum atomic E-state index is 13.0. The Hall–Kier alpha value is -0.740. The van der Waals surface area contributed by atoms with Gasteiger partial charge in [-0.05, 0) is 30.9 Å². The number of pyridine rings is 1. The molecule has 0 spiro atoms. The quantitative estimate of drug-likeness (QED) is 0.882. The van der Waals surface area contributed by atoms with Gasteiger partial charge < -0.3 is 5.11 Å². The second-order valence-electron chi connectivity index (χ2n) is 4.54. The molecular weight excluding hydrogens is 248 g/mol. The summed E-state index contributed by atoms with van der Waals surface area (Å²) in [7, 11) is 0. The Labute approximate surface area is 104 Å². The van der Waals surface area contributed by atoms with E-state index >= 15 is 0 Å². The molecule has 5 heteroatoms. The molecule has 17 heavy (non-hydrogen) atoms. The second-order valence-corrected chi connectivity index (χ2v) is 4.98. The van der Waals surface area contributed by atoms with Crippen LogP contribution in [0.4, 0.5) is 8.78 Å². The minimum absolute atomic E-state index is 0.136. The molecule has 2 rings (SSSR count). The van der Waals surface area contributed by atoms with Crippen LogP contribution in [0.3, 0.4) is 0 Å². The summed E-state index contributed by atoms with van der Waals surface area (Å²) >= 11 is 5.70. The Balaban J connectivity index is 2.01. The highest BCUT2D eigenvalue weighted by molar-refractivity contribution is 6.30. The van der Waals surface area contributed by atoms with E-state index in [4.69, 9.17) is 11.6 Å². The van der Waals surface area contributed by atoms with Crippen molar-refractivity contribution in [3.63, 3.8) is 0 Å². The van der Waals surface area contributed by atoms with Gasteiger partial charge in [-0.15, -0.1) is 0 Å². The van der Waals surface area contributed by atoms with E-state index in [2.05, 4.69) is 4.98 Å². The third-order valence-corrected chi connectivity index (χ3v) is 3.49. The maximum absolute atomic E-state index is 13.0. The first-order valence-electron chi connectivity index (χ1n) is 5.65. The molecule has 1 atom stereocenters. The van der Waals surface area contributed by atoms with Crippen molar-refractivity contribution in [2.45, 2.75) is 37.7 Å². The van der Waals surface area contributed by atoms with Crippen molar-refractivity contribution >= 4 is 11.6 Å². The van der Waals surface area contributed by atoms with Crippen LogP contribution in [0.2, 0.25) is 5.02 Å². The SMILES string of the molecule is OC(c1ccc(Cl)cn1)C1CCC(F)(F)CC1. The summed E-state index contributed by atoms with van der Waals surface area (Å²) in [6, 6.07) is 3.28. The summed E-state index contributed by atoms with van der Waals surface area (Å²) < 4.78 is 26.0. The van der Waals surface area contributed by atoms with Crippen LogP contribution in [0.1, 0.15) is 37.5 Å². The summed E-state index contributed by atoms with van der Waals surface area (Å²) in [4.78, 5) is 4.02. The second kappa shape index (κ2) is 4.86. The first-order chi connectivity index (χ1) is 7.98. The molecule has 1 fully saturated rings. The van der Waals surface area contributed by atoms with E-state index in [0.29, 0.717) is 23.6 Å². The molecule has 0 bridgehead atoms. The van der Waals surface area contributed by atoms with Gasteiger partial charge in [-0.1, -0.05) is 11.6 Å². The molecule has 2 nitrogen and oxygen atoms in total. The van der Waals surface area contributed by atoms with Crippen LogP contribution in [-0.2, 0) is 0 Å². The topological polar surface area (TPSA) is 33.1 Å². The van der Waals surface area contributed by atoms with E-state index in [-0.39, 0.29) is 18.8 Å². The van der Waals surface area contributed by atoms with Crippen molar-refractivity contribution in [3.05, 3.63) is 29.0 Å². The van der Waals surface area contributed by atoms with E-state index in [1.54, 1.807) is 12.1 Å². The first kappa shape index (κ1) is 12.7. The number of alkyl halides is 2. The van der Waals surface area contributed by atoms with Crippen molar-refractivity contribution in [2.24, 2.45) is 5.92 Å². The molecule has 1 saturated carbocycles. The summed E-state index contributed by atoms with van der Waals surface area (Å²) in [6.45, 7) is 0. The highest BCUT2D eigenvalue weighted by Gasteiger charge is 2.37. The molecule has 1 unspecified atom stereocenters. The lowest BCUT2D eigenvalue weighted by molar-refractivity contribution is -0.0632. The van der Waals surface area contributed by atoms with Crippen molar-refractivity contribution in [1.29, 1.82) is 0 Å². The number of hydrogen-bond acceptors (Lipinski definition) is 2. The molecule has 0 radical (unpaired) electrons. The van der Waals surface area contributed by atoms with E-state index in [0.717, 1.165) is 0 Å². The average Bonchev–Trinajstić information content (AvgIpc) is 2.29. The molecule has 1 aliphatic rings. The van der Waals surface area contributed by atoms with Crippen molar-refractivity contribution in [2.75, 3.05) is 0 Å². The molecule has 0 amide bonds. The molecule has 1 aromatic heterocycles. The van der Waals surface area contributed by atoms with Gasteiger partial charge in [-0.25, -0.2) is 8.78 Å². The Bertz CT molecular complexity index is 373. The van der Waals surface area contributed by atoms with Crippen molar-refractivity contribution < 1.29 is 13.9 Å². The molecule has 94 valence electrons. The van der Waals surface area contributed by atoms with Crippen molar-refractivity contribution in [1.82, 2.24) is 4.98 Å². The minimum atomic E-state index is -2.57. The monoisotopic (exact) mass is 261 g/mol.